The lowest BCUT2D eigenvalue weighted by atomic mass is 9.76. The Morgan fingerprint density at radius 2 is 1.86 bits per heavy atom. The van der Waals surface area contributed by atoms with Gasteiger partial charge in [-0.15, -0.1) is 0 Å². The summed E-state index contributed by atoms with van der Waals surface area (Å²) in [4.78, 5) is 39.6. The van der Waals surface area contributed by atoms with E-state index in [0.717, 1.165) is 21.6 Å². The van der Waals surface area contributed by atoms with Gasteiger partial charge < -0.3 is 29.9 Å². The summed E-state index contributed by atoms with van der Waals surface area (Å²) >= 11 is 0. The van der Waals surface area contributed by atoms with E-state index in [2.05, 4.69) is 0 Å². The van der Waals surface area contributed by atoms with Crippen LogP contribution < -0.4 is 0 Å². The normalized spacial score (nSPS) is 52.7. The van der Waals surface area contributed by atoms with Crippen LogP contribution in [0.1, 0.15) is 33.6 Å². The highest BCUT2D eigenvalue weighted by atomic mass is 33.1. The Morgan fingerprint density at radius 3 is 2.41 bits per heavy atom. The molecule has 2 amide bonds. The quantitative estimate of drug-likeness (QED) is 0.440. The van der Waals surface area contributed by atoms with Gasteiger partial charge in [0.05, 0.1) is 24.2 Å². The molecule has 5 saturated heterocycles. The third-order valence-corrected chi connectivity index (χ3v) is 11.5. The number of carbonyl (C=O) groups is 3. The fourth-order valence-corrected chi connectivity index (χ4v) is 9.41. The Morgan fingerprint density at radius 1 is 1.21 bits per heavy atom. The van der Waals surface area contributed by atoms with Gasteiger partial charge in [-0.25, -0.2) is 0 Å². The van der Waals surface area contributed by atoms with Crippen molar-refractivity contribution in [3.8, 4) is 0 Å². The number of Topliss-reactive ketones (excluding diaryl/α,β-unsaturated/α-hetero) is 1. The molecule has 1 unspecified atom stereocenters. The highest BCUT2D eigenvalue weighted by molar-refractivity contribution is 8.78. The highest BCUT2D eigenvalue weighted by Gasteiger charge is 2.83. The van der Waals surface area contributed by atoms with Gasteiger partial charge >= 0.3 is 0 Å². The molecule has 9 nitrogen and oxygen atoms in total. The minimum Gasteiger partial charge on any atom is -0.392 e. The van der Waals surface area contributed by atoms with E-state index >= 15 is 0 Å². The Bertz CT molecular complexity index is 869. The number of rotatable bonds is 1. The third-order valence-electron chi connectivity index (χ3n) is 7.85. The van der Waals surface area contributed by atoms with E-state index in [1.54, 1.807) is 20.8 Å². The number of aliphatic hydroxyl groups excluding tert-OH is 2. The maximum absolute atomic E-state index is 13.5. The lowest BCUT2D eigenvalue weighted by molar-refractivity contribution is -0.169. The molecule has 0 aromatic rings. The number of nitrogens with zero attached hydrogens (tertiary/aromatic N) is 2. The van der Waals surface area contributed by atoms with E-state index in [-0.39, 0.29) is 18.6 Å². The van der Waals surface area contributed by atoms with Crippen LogP contribution in [0.15, 0.2) is 0 Å². The molecule has 3 N–H and O–H groups in total. The molecule has 6 aliphatic rings. The van der Waals surface area contributed by atoms with Crippen LogP contribution in [-0.4, -0.2) is 95.6 Å². The number of fused-ring (bicyclic) bond motifs is 3. The van der Waals surface area contributed by atoms with Crippen LogP contribution >= 0.6 is 21.6 Å². The van der Waals surface area contributed by atoms with Gasteiger partial charge in [-0.3, -0.25) is 14.4 Å². The molecule has 0 aromatic carbocycles. The van der Waals surface area contributed by atoms with Gasteiger partial charge in [0.1, 0.15) is 11.7 Å². The first kappa shape index (κ1) is 20.1. The van der Waals surface area contributed by atoms with Crippen LogP contribution in [0.4, 0.5) is 0 Å². The molecule has 5 aliphatic heterocycles. The summed E-state index contributed by atoms with van der Waals surface area (Å²) in [7, 11) is 3.70. The number of piperazine rings is 1. The fraction of sp³-hybridized carbons (Fsp3) is 0.833. The van der Waals surface area contributed by atoms with Crippen LogP contribution in [0.25, 0.3) is 0 Å². The molecule has 7 atom stereocenters. The van der Waals surface area contributed by atoms with E-state index in [1.807, 2.05) is 0 Å². The van der Waals surface area contributed by atoms with Gasteiger partial charge in [0, 0.05) is 19.9 Å². The van der Waals surface area contributed by atoms with Crippen LogP contribution in [0.5, 0.6) is 0 Å². The first-order valence-electron chi connectivity index (χ1n) is 9.58. The number of hydrogen-bond acceptors (Lipinski definition) is 9. The van der Waals surface area contributed by atoms with Crippen molar-refractivity contribution in [1.82, 2.24) is 9.80 Å². The second kappa shape index (κ2) is 5.31. The Labute approximate surface area is 175 Å². The van der Waals surface area contributed by atoms with E-state index in [9.17, 15) is 29.7 Å². The summed E-state index contributed by atoms with van der Waals surface area (Å²) in [6.07, 6.45) is -2.34. The van der Waals surface area contributed by atoms with Crippen molar-refractivity contribution in [2.45, 2.75) is 72.8 Å². The molecule has 0 radical (unpaired) electrons. The number of aliphatic hydroxyl groups is 3. The van der Waals surface area contributed by atoms with Crippen molar-refractivity contribution in [2.24, 2.45) is 5.41 Å². The zero-order valence-electron chi connectivity index (χ0n) is 16.5. The summed E-state index contributed by atoms with van der Waals surface area (Å²) < 4.78 is 5.99. The zero-order valence-corrected chi connectivity index (χ0v) is 18.2. The molecule has 1 aliphatic carbocycles. The summed E-state index contributed by atoms with van der Waals surface area (Å²) in [6, 6.07) is -0.966. The zero-order chi connectivity index (χ0) is 21.4. The second-order valence-electron chi connectivity index (χ2n) is 9.42. The number of carbonyl (C=O) groups excluding carboxylic acids is 3. The average molecular weight is 445 g/mol. The molecule has 6 fully saturated rings. The molecule has 2 bridgehead atoms. The SMILES string of the molecule is CC1O[C@@]2(C[C@H]3N4C(=O)[C@]5(CO)SS[C@]4(C[C@@]3(O)[C@@H]2O)C(=O)N5C)C(=O)C1(C)C. The van der Waals surface area contributed by atoms with Gasteiger partial charge in [-0.1, -0.05) is 24.6 Å². The summed E-state index contributed by atoms with van der Waals surface area (Å²) in [6.45, 7) is 4.65. The number of ketones is 1. The molecule has 1 saturated carbocycles. The van der Waals surface area contributed by atoms with E-state index < -0.39 is 63.0 Å². The highest BCUT2D eigenvalue weighted by Crippen LogP contribution is 2.68. The first-order valence-corrected chi connectivity index (χ1v) is 11.7. The monoisotopic (exact) mass is 444 g/mol. The van der Waals surface area contributed by atoms with E-state index in [1.165, 1.54) is 16.8 Å². The molecule has 29 heavy (non-hydrogen) atoms. The van der Waals surface area contributed by atoms with Crippen molar-refractivity contribution in [3.05, 3.63) is 0 Å². The minimum absolute atomic E-state index is 0.0888. The van der Waals surface area contributed by atoms with Crippen LogP contribution in [-0.2, 0) is 19.1 Å². The van der Waals surface area contributed by atoms with Crippen LogP contribution in [0.3, 0.4) is 0 Å². The number of amides is 2. The predicted molar refractivity (Wildman–Crippen MR) is 103 cm³/mol. The molecular weight excluding hydrogens is 420 g/mol. The first-order chi connectivity index (χ1) is 13.3. The summed E-state index contributed by atoms with van der Waals surface area (Å²) in [5, 5.41) is 32.8. The standard InChI is InChI=1S/C18H24N2O7S2/c1-8-14(2,3)10(22)16(27-8)5-9-15(26,11(16)23)6-17-12(24)19(4)18(7-21,29-28-17)13(25)20(9)17/h8-9,11,21,23,26H,5-7H2,1-4H3/t8?,9-,11+,15+,16+,17-,18+/m1/s1. The van der Waals surface area contributed by atoms with Gasteiger partial charge in [0.2, 0.25) is 4.87 Å². The molecular formula is C18H24N2O7S2. The lowest BCUT2D eigenvalue weighted by Crippen LogP contribution is -2.77. The minimum atomic E-state index is -1.87. The van der Waals surface area contributed by atoms with Gasteiger partial charge in [-0.2, -0.15) is 0 Å². The average Bonchev–Trinajstić information content (AvgIpc) is 3.12. The second-order valence-corrected chi connectivity index (χ2v) is 12.1. The summed E-state index contributed by atoms with van der Waals surface area (Å²) in [5.74, 6) is -1.20. The molecule has 0 aromatic heterocycles. The van der Waals surface area contributed by atoms with Crippen molar-refractivity contribution in [1.29, 1.82) is 0 Å². The van der Waals surface area contributed by atoms with Gasteiger partial charge in [0.25, 0.3) is 11.8 Å². The molecule has 160 valence electrons. The topological polar surface area (TPSA) is 128 Å². The maximum atomic E-state index is 13.5. The third kappa shape index (κ3) is 1.82. The maximum Gasteiger partial charge on any atom is 0.264 e. The molecule has 5 heterocycles. The predicted octanol–water partition coefficient (Wildman–Crippen LogP) is -0.912. The Hall–Kier alpha value is -0.850. The van der Waals surface area contributed by atoms with Crippen molar-refractivity contribution < 1.29 is 34.4 Å². The van der Waals surface area contributed by atoms with Crippen LogP contribution in [0.2, 0.25) is 0 Å². The van der Waals surface area contributed by atoms with Crippen molar-refractivity contribution in [2.75, 3.05) is 13.7 Å². The van der Waals surface area contributed by atoms with Crippen molar-refractivity contribution >= 4 is 39.2 Å². The van der Waals surface area contributed by atoms with Gasteiger partial charge in [0.15, 0.2) is 16.3 Å². The lowest BCUT2D eigenvalue weighted by Gasteiger charge is -2.58. The molecule has 6 rings (SSSR count). The summed E-state index contributed by atoms with van der Waals surface area (Å²) in [5.41, 5.74) is -4.35. The van der Waals surface area contributed by atoms with Gasteiger partial charge in [-0.05, 0) is 17.7 Å². The molecule has 11 heteroatoms. The van der Waals surface area contributed by atoms with Crippen LogP contribution in [0, 0.1) is 5.41 Å². The smallest absolute Gasteiger partial charge is 0.264 e. The number of hydrogen-bond donors (Lipinski definition) is 3. The van der Waals surface area contributed by atoms with E-state index in [0.29, 0.717) is 0 Å². The largest absolute Gasteiger partial charge is 0.392 e. The Balaban J connectivity index is 1.63. The number of ether oxygens (including phenoxy) is 1. The molecule has 2 spiro atoms. The van der Waals surface area contributed by atoms with E-state index in [4.69, 9.17) is 4.74 Å². The Kier molecular flexibility index (Phi) is 3.67. The number of likely N-dealkylation sites (N-methyl/N-ethyl adjacent to an activating group) is 1. The van der Waals surface area contributed by atoms with Crippen molar-refractivity contribution in [3.63, 3.8) is 0 Å². The fourth-order valence-electron chi connectivity index (χ4n) is 5.76.